The Kier molecular flexibility index (Phi) is 3.55. The summed E-state index contributed by atoms with van der Waals surface area (Å²) in [4.78, 5) is 8.74. The Morgan fingerprint density at radius 1 is 1.26 bits per heavy atom. The van der Waals surface area contributed by atoms with Gasteiger partial charge in [0.1, 0.15) is 5.76 Å². The van der Waals surface area contributed by atoms with Gasteiger partial charge in [0, 0.05) is 31.5 Å². The number of nitrogens with two attached hydrogens (primary N) is 2. The summed E-state index contributed by atoms with van der Waals surface area (Å²) in [6, 6.07) is 2.27. The quantitative estimate of drug-likeness (QED) is 0.860. The fraction of sp³-hybridized carbons (Fsp3) is 0.353. The van der Waals surface area contributed by atoms with Gasteiger partial charge in [0.25, 0.3) is 0 Å². The van der Waals surface area contributed by atoms with Crippen LogP contribution in [0.3, 0.4) is 0 Å². The van der Waals surface area contributed by atoms with Gasteiger partial charge in [0.2, 0.25) is 0 Å². The maximum atomic E-state index is 6.15. The van der Waals surface area contributed by atoms with Crippen LogP contribution in [0.4, 0.5) is 11.4 Å². The topological polar surface area (TPSA) is 80.6 Å². The average molecular weight is 311 g/mol. The first-order chi connectivity index (χ1) is 11.2. The lowest BCUT2D eigenvalue weighted by molar-refractivity contribution is 0.186. The highest BCUT2D eigenvalue weighted by atomic mass is 16.5. The molecule has 0 bridgehead atoms. The van der Waals surface area contributed by atoms with E-state index in [2.05, 4.69) is 20.9 Å². The van der Waals surface area contributed by atoms with Gasteiger partial charge in [0.15, 0.2) is 6.23 Å². The number of piperidine rings is 1. The summed E-state index contributed by atoms with van der Waals surface area (Å²) in [7, 11) is 0. The molecule has 1 saturated heterocycles. The summed E-state index contributed by atoms with van der Waals surface area (Å²) in [5, 5.41) is 0. The van der Waals surface area contributed by atoms with Gasteiger partial charge < -0.3 is 20.3 Å². The van der Waals surface area contributed by atoms with Gasteiger partial charge in [-0.15, -0.1) is 0 Å². The molecule has 0 aromatic carbocycles. The number of aromatic nitrogens is 1. The van der Waals surface area contributed by atoms with Gasteiger partial charge in [-0.05, 0) is 37.1 Å². The smallest absolute Gasteiger partial charge is 0.169 e. The summed E-state index contributed by atoms with van der Waals surface area (Å²) >= 11 is 0. The lowest BCUT2D eigenvalue weighted by Gasteiger charge is -2.36. The van der Waals surface area contributed by atoms with E-state index in [1.807, 2.05) is 36.8 Å². The zero-order valence-corrected chi connectivity index (χ0v) is 12.9. The molecule has 6 nitrogen and oxygen atoms in total. The lowest BCUT2D eigenvalue weighted by Crippen LogP contribution is -2.43. The van der Waals surface area contributed by atoms with E-state index in [-0.39, 0.29) is 6.04 Å². The molecule has 0 aliphatic carbocycles. The molecule has 4 heterocycles. The van der Waals surface area contributed by atoms with Crippen LogP contribution in [0, 0.1) is 0 Å². The monoisotopic (exact) mass is 311 g/mol. The lowest BCUT2D eigenvalue weighted by atomic mass is 10.1. The summed E-state index contributed by atoms with van der Waals surface area (Å²) in [6.45, 7) is 1.88. The third kappa shape index (κ3) is 2.60. The Labute approximate surface area is 135 Å². The highest BCUT2D eigenvalue weighted by Crippen LogP contribution is 2.38. The Balaban J connectivity index is 1.71. The molecule has 1 unspecified atom stereocenters. The Morgan fingerprint density at radius 2 is 2.17 bits per heavy atom. The van der Waals surface area contributed by atoms with Gasteiger partial charge in [-0.3, -0.25) is 10.7 Å². The van der Waals surface area contributed by atoms with Gasteiger partial charge >= 0.3 is 0 Å². The van der Waals surface area contributed by atoms with Crippen LogP contribution in [0.1, 0.15) is 12.8 Å². The third-order valence-corrected chi connectivity index (χ3v) is 4.42. The third-order valence-electron chi connectivity index (χ3n) is 4.42. The van der Waals surface area contributed by atoms with Crippen LogP contribution >= 0.6 is 0 Å². The van der Waals surface area contributed by atoms with Crippen molar-refractivity contribution in [2.24, 2.45) is 11.5 Å². The first kappa shape index (κ1) is 14.3. The molecule has 0 saturated carbocycles. The zero-order valence-electron chi connectivity index (χ0n) is 12.9. The van der Waals surface area contributed by atoms with Crippen molar-refractivity contribution in [2.75, 3.05) is 22.9 Å². The number of fused-ring (bicyclic) bond motifs is 1. The number of ether oxygens (including phenoxy) is 1. The van der Waals surface area contributed by atoms with Crippen LogP contribution < -0.4 is 21.3 Å². The fourth-order valence-electron chi connectivity index (χ4n) is 3.37. The van der Waals surface area contributed by atoms with Gasteiger partial charge in [0.05, 0.1) is 23.3 Å². The van der Waals surface area contributed by atoms with Crippen molar-refractivity contribution in [3.8, 4) is 0 Å². The Morgan fingerprint density at radius 3 is 3.04 bits per heavy atom. The maximum absolute atomic E-state index is 6.15. The van der Waals surface area contributed by atoms with Crippen molar-refractivity contribution >= 4 is 11.4 Å². The standard InChI is InChI=1S/C17H21N5O/c18-12-3-1-7-21(11-12)13-5-6-20-10-15(13)22-8-2-4-16-14(22)9-17(19)23-16/h2,4-6,8-10,12,17H,1,3,7,11,18-19H2/t12-,17?/m0/s1. The van der Waals surface area contributed by atoms with E-state index in [4.69, 9.17) is 16.2 Å². The number of anilines is 2. The number of nitrogens with zero attached hydrogens (tertiary/aromatic N) is 3. The minimum absolute atomic E-state index is 0.222. The molecule has 3 aliphatic rings. The molecule has 0 radical (unpaired) electrons. The minimum atomic E-state index is -0.401. The van der Waals surface area contributed by atoms with Gasteiger partial charge in [-0.25, -0.2) is 0 Å². The van der Waals surface area contributed by atoms with E-state index in [1.54, 1.807) is 0 Å². The molecule has 1 aromatic rings. The molecule has 6 heteroatoms. The van der Waals surface area contributed by atoms with Crippen LogP contribution in [-0.2, 0) is 4.74 Å². The molecule has 0 amide bonds. The average Bonchev–Trinajstić information content (AvgIpc) is 2.95. The highest BCUT2D eigenvalue weighted by molar-refractivity contribution is 5.76. The van der Waals surface area contributed by atoms with Crippen molar-refractivity contribution in [3.63, 3.8) is 0 Å². The molecule has 0 spiro atoms. The number of hydrogen-bond acceptors (Lipinski definition) is 6. The van der Waals surface area contributed by atoms with Crippen molar-refractivity contribution in [2.45, 2.75) is 25.1 Å². The number of pyridine rings is 1. The van der Waals surface area contributed by atoms with Crippen LogP contribution in [0.15, 0.2) is 54.3 Å². The molecular formula is C17H21N5O. The minimum Gasteiger partial charge on any atom is -0.470 e. The van der Waals surface area contributed by atoms with E-state index in [0.717, 1.165) is 48.8 Å². The Bertz CT molecular complexity index is 696. The van der Waals surface area contributed by atoms with E-state index in [9.17, 15) is 0 Å². The first-order valence-corrected chi connectivity index (χ1v) is 7.99. The van der Waals surface area contributed by atoms with Gasteiger partial charge in [-0.1, -0.05) is 0 Å². The van der Waals surface area contributed by atoms with Gasteiger partial charge in [-0.2, -0.15) is 0 Å². The van der Waals surface area contributed by atoms with Crippen LogP contribution in [0.5, 0.6) is 0 Å². The van der Waals surface area contributed by atoms with Crippen molar-refractivity contribution in [1.82, 2.24) is 4.98 Å². The van der Waals surface area contributed by atoms with Crippen molar-refractivity contribution in [3.05, 3.63) is 54.3 Å². The van der Waals surface area contributed by atoms with E-state index < -0.39 is 6.23 Å². The van der Waals surface area contributed by atoms with E-state index >= 15 is 0 Å². The molecule has 1 fully saturated rings. The van der Waals surface area contributed by atoms with Crippen LogP contribution in [0.2, 0.25) is 0 Å². The molecule has 4 rings (SSSR count). The van der Waals surface area contributed by atoms with E-state index in [0.29, 0.717) is 0 Å². The summed E-state index contributed by atoms with van der Waals surface area (Å²) in [5.74, 6) is 0.796. The second kappa shape index (κ2) is 5.72. The summed E-state index contributed by atoms with van der Waals surface area (Å²) in [5.41, 5.74) is 15.2. The van der Waals surface area contributed by atoms with Crippen molar-refractivity contribution in [1.29, 1.82) is 0 Å². The predicted molar refractivity (Wildman–Crippen MR) is 90.5 cm³/mol. The van der Waals surface area contributed by atoms with Crippen molar-refractivity contribution < 1.29 is 4.74 Å². The molecule has 1 aromatic heterocycles. The number of allylic oxidation sites excluding steroid dienone is 2. The SMILES string of the molecule is NC1C=C2C(=CC=CN2c2cnccc2N2CCC[C@H](N)C2)O1. The normalized spacial score (nSPS) is 26.5. The molecule has 23 heavy (non-hydrogen) atoms. The molecule has 3 aliphatic heterocycles. The summed E-state index contributed by atoms with van der Waals surface area (Å²) < 4.78 is 5.62. The van der Waals surface area contributed by atoms with Crippen LogP contribution in [-0.4, -0.2) is 30.3 Å². The molecule has 120 valence electrons. The molecular weight excluding hydrogens is 290 g/mol. The maximum Gasteiger partial charge on any atom is 0.169 e. The highest BCUT2D eigenvalue weighted by Gasteiger charge is 2.29. The first-order valence-electron chi connectivity index (χ1n) is 7.99. The molecule has 2 atom stereocenters. The van der Waals surface area contributed by atoms with E-state index in [1.165, 1.54) is 0 Å². The number of rotatable bonds is 2. The molecule has 4 N–H and O–H groups in total. The second-order valence-electron chi connectivity index (χ2n) is 6.09. The number of hydrogen-bond donors (Lipinski definition) is 2. The second-order valence-corrected chi connectivity index (χ2v) is 6.09. The summed E-state index contributed by atoms with van der Waals surface area (Å²) in [6.07, 6.45) is 13.3. The predicted octanol–water partition coefficient (Wildman–Crippen LogP) is 1.43. The zero-order chi connectivity index (χ0) is 15.8. The Hall–Kier alpha value is -2.31. The van der Waals surface area contributed by atoms with Crippen LogP contribution in [0.25, 0.3) is 0 Å². The largest absolute Gasteiger partial charge is 0.470 e. The fourth-order valence-corrected chi connectivity index (χ4v) is 3.37.